The van der Waals surface area contributed by atoms with Gasteiger partial charge < -0.3 is 76.7 Å². The number of carbonyl (C=O) groups is 1. The molecule has 6 aromatic heterocycles. The molecule has 0 radical (unpaired) electrons. The molecule has 15 N–H and O–H groups in total. The van der Waals surface area contributed by atoms with E-state index >= 15 is 0 Å². The number of phosphoric ester groups is 2. The van der Waals surface area contributed by atoms with Crippen LogP contribution >= 0.6 is 23.2 Å². The lowest BCUT2D eigenvalue weighted by atomic mass is 10.1. The molecule has 9 heterocycles. The highest BCUT2D eigenvalue weighted by molar-refractivity contribution is 7.51. The number of anilines is 3. The van der Waals surface area contributed by atoms with E-state index in [4.69, 9.17) is 49.5 Å². The fraction of sp³-hybridized carbons (Fsp3) is 0.484. The Balaban J connectivity index is 0.922. The molecule has 2 unspecified atom stereocenters. The van der Waals surface area contributed by atoms with E-state index in [1.54, 1.807) is 0 Å². The summed E-state index contributed by atoms with van der Waals surface area (Å²) in [5.41, 5.74) is 17.9. The van der Waals surface area contributed by atoms with Crippen molar-refractivity contribution in [2.24, 2.45) is 0 Å². The number of nitrogens with zero attached hydrogens (tertiary/aromatic N) is 12. The molecule has 0 aromatic carbocycles. The molecule has 372 valence electrons. The average Bonchev–Trinajstić information content (AvgIpc) is 4.16. The van der Waals surface area contributed by atoms with Crippen LogP contribution in [-0.2, 0) is 50.8 Å². The van der Waals surface area contributed by atoms with E-state index in [2.05, 4.69) is 44.9 Å². The van der Waals surface area contributed by atoms with Crippen LogP contribution < -0.4 is 22.5 Å². The number of rotatable bonds is 16. The highest BCUT2D eigenvalue weighted by Crippen LogP contribution is 2.53. The number of amides is 1. The lowest BCUT2D eigenvalue weighted by Crippen LogP contribution is -2.43. The molecular formula is C31H39N16O19P3. The van der Waals surface area contributed by atoms with E-state index in [1.165, 1.54) is 10.9 Å². The first-order chi connectivity index (χ1) is 32.6. The third-order valence-electron chi connectivity index (χ3n) is 10.9. The largest absolute Gasteiger partial charge is 0.472 e. The fourth-order valence-electron chi connectivity index (χ4n) is 7.65. The van der Waals surface area contributed by atoms with Gasteiger partial charge in [-0.1, -0.05) is 0 Å². The number of aliphatic hydroxyl groups is 4. The molecule has 0 bridgehead atoms. The molecule has 69 heavy (non-hydrogen) atoms. The number of carbonyl (C=O) groups excluding carboxylic acids is 1. The van der Waals surface area contributed by atoms with Crippen molar-refractivity contribution >= 4 is 80.1 Å². The number of imidazole rings is 3. The Morgan fingerprint density at radius 1 is 0.580 bits per heavy atom. The van der Waals surface area contributed by atoms with Crippen molar-refractivity contribution in [3.63, 3.8) is 0 Å². The van der Waals surface area contributed by atoms with Gasteiger partial charge in [0.25, 0.3) is 5.91 Å². The normalized spacial score (nSPS) is 30.3. The lowest BCUT2D eigenvalue weighted by Gasteiger charge is -2.25. The number of hydrogen-bond acceptors (Lipinski definition) is 27. The van der Waals surface area contributed by atoms with Gasteiger partial charge in [0.15, 0.2) is 59.2 Å². The van der Waals surface area contributed by atoms with Crippen molar-refractivity contribution < 1.29 is 90.8 Å². The molecule has 9 rings (SSSR count). The van der Waals surface area contributed by atoms with E-state index in [9.17, 15) is 58.5 Å². The first-order valence-electron chi connectivity index (χ1n) is 19.7. The predicted octanol–water partition coefficient (Wildman–Crippen LogP) is -4.36. The molecule has 0 spiro atoms. The number of nitrogen functional groups attached to an aromatic ring is 3. The van der Waals surface area contributed by atoms with Gasteiger partial charge in [0.05, 0.1) is 32.2 Å². The molecule has 38 heteroatoms. The van der Waals surface area contributed by atoms with Gasteiger partial charge in [-0.2, -0.15) is 0 Å². The van der Waals surface area contributed by atoms with Crippen LogP contribution in [0.5, 0.6) is 0 Å². The maximum Gasteiger partial charge on any atom is 0.472 e. The van der Waals surface area contributed by atoms with E-state index in [-0.39, 0.29) is 50.9 Å². The molecule has 0 aliphatic carbocycles. The molecule has 3 fully saturated rings. The van der Waals surface area contributed by atoms with Gasteiger partial charge in [0.2, 0.25) is 0 Å². The third-order valence-corrected chi connectivity index (χ3v) is 13.4. The SMILES string of the molecule is Nc1ncnc2c1ncn2[C@@H]1O[C@H](COP(=O)(O)O[C@@H]2[C@H](O)[C@@H](COP(=O)(O)O[C@@H]3[C@H](O)[C@@H](C(=O)NCP(=O)(O)O)O[C@H]3n3cnc4c(N)ncnc43)O[C@H]2n2cnc3c(N)ncnc32)[C@@H](O)[C@H]1O. The third kappa shape index (κ3) is 9.50. The zero-order valence-corrected chi connectivity index (χ0v) is 37.2. The van der Waals surface area contributed by atoms with Crippen LogP contribution in [0.25, 0.3) is 33.5 Å². The van der Waals surface area contributed by atoms with E-state index in [0.29, 0.717) is 0 Å². The van der Waals surface area contributed by atoms with Crippen molar-refractivity contribution in [1.82, 2.24) is 63.9 Å². The van der Waals surface area contributed by atoms with Gasteiger partial charge in [-0.05, 0) is 0 Å². The maximum absolute atomic E-state index is 13.7. The first-order valence-corrected chi connectivity index (χ1v) is 24.5. The first kappa shape index (κ1) is 48.6. The molecule has 3 saturated heterocycles. The number of nitrogens with one attached hydrogen (secondary N) is 1. The molecule has 3 aliphatic rings. The summed E-state index contributed by atoms with van der Waals surface area (Å²) < 4.78 is 80.8. The molecule has 0 saturated carbocycles. The predicted molar refractivity (Wildman–Crippen MR) is 221 cm³/mol. The Labute approximate surface area is 382 Å². The Morgan fingerprint density at radius 2 is 0.986 bits per heavy atom. The van der Waals surface area contributed by atoms with Crippen LogP contribution in [0.2, 0.25) is 0 Å². The number of aromatic nitrogens is 12. The molecule has 1 amide bonds. The van der Waals surface area contributed by atoms with Gasteiger partial charge in [0, 0.05) is 0 Å². The van der Waals surface area contributed by atoms with E-state index in [0.717, 1.165) is 40.8 Å². The minimum atomic E-state index is -5.51. The summed E-state index contributed by atoms with van der Waals surface area (Å²) in [6, 6.07) is 0. The van der Waals surface area contributed by atoms with Crippen LogP contribution in [0, 0.1) is 0 Å². The summed E-state index contributed by atoms with van der Waals surface area (Å²) >= 11 is 0. The minimum absolute atomic E-state index is 0.00190. The van der Waals surface area contributed by atoms with Crippen LogP contribution in [0.1, 0.15) is 18.7 Å². The van der Waals surface area contributed by atoms with Gasteiger partial charge >= 0.3 is 23.2 Å². The Morgan fingerprint density at radius 3 is 1.45 bits per heavy atom. The van der Waals surface area contributed by atoms with Crippen molar-refractivity contribution in [2.75, 3.05) is 36.7 Å². The summed E-state index contributed by atoms with van der Waals surface area (Å²) in [6.45, 7) is -1.97. The van der Waals surface area contributed by atoms with Crippen molar-refractivity contribution in [2.45, 2.75) is 73.6 Å². The van der Waals surface area contributed by atoms with Crippen LogP contribution in [0.3, 0.4) is 0 Å². The van der Waals surface area contributed by atoms with Gasteiger partial charge in [-0.3, -0.25) is 41.2 Å². The quantitative estimate of drug-likeness (QED) is 0.0408. The second-order valence-corrected chi connectivity index (χ2v) is 19.8. The highest BCUT2D eigenvalue weighted by Gasteiger charge is 2.54. The molecule has 35 nitrogen and oxygen atoms in total. The molecular weight excluding hydrogens is 993 g/mol. The maximum atomic E-state index is 13.7. The summed E-state index contributed by atoms with van der Waals surface area (Å²) in [5.74, 6) is -1.46. The highest BCUT2D eigenvalue weighted by atomic mass is 31.2. The van der Waals surface area contributed by atoms with Crippen molar-refractivity contribution in [3.05, 3.63) is 38.0 Å². The second-order valence-electron chi connectivity index (χ2n) is 15.3. The number of nitrogens with two attached hydrogens (primary N) is 3. The lowest BCUT2D eigenvalue weighted by molar-refractivity contribution is -0.137. The molecule has 6 aromatic rings. The fourth-order valence-corrected chi connectivity index (χ4v) is 9.88. The summed E-state index contributed by atoms with van der Waals surface area (Å²) in [5, 5.41) is 46.4. The number of hydrogen-bond donors (Lipinski definition) is 12. The topological polar surface area (TPSA) is 516 Å². The van der Waals surface area contributed by atoms with Crippen molar-refractivity contribution in [3.8, 4) is 0 Å². The number of aliphatic hydroxyl groups excluding tert-OH is 4. The van der Waals surface area contributed by atoms with Crippen LogP contribution in [0.4, 0.5) is 17.5 Å². The van der Waals surface area contributed by atoms with Crippen LogP contribution in [-0.4, -0.2) is 179 Å². The minimum Gasteiger partial charge on any atom is -0.387 e. The summed E-state index contributed by atoms with van der Waals surface area (Å²) in [7, 11) is -15.7. The zero-order chi connectivity index (χ0) is 49.3. The molecule has 14 atom stereocenters. The zero-order valence-electron chi connectivity index (χ0n) is 34.5. The van der Waals surface area contributed by atoms with Gasteiger partial charge in [0.1, 0.15) is 90.6 Å². The monoisotopic (exact) mass is 1030 g/mol. The number of fused-ring (bicyclic) bond motifs is 3. The number of ether oxygens (including phenoxy) is 3. The van der Waals surface area contributed by atoms with E-state index in [1.807, 2.05) is 5.32 Å². The van der Waals surface area contributed by atoms with Gasteiger partial charge in [-0.25, -0.2) is 54.0 Å². The Kier molecular flexibility index (Phi) is 13.0. The van der Waals surface area contributed by atoms with Crippen LogP contribution in [0.15, 0.2) is 38.0 Å². The summed E-state index contributed by atoms with van der Waals surface area (Å²) in [6.07, 6.45) is -16.1. The average molecular weight is 1030 g/mol. The van der Waals surface area contributed by atoms with Crippen molar-refractivity contribution in [1.29, 1.82) is 0 Å². The van der Waals surface area contributed by atoms with Gasteiger partial charge in [-0.15, -0.1) is 0 Å². The standard InChI is InChI=1S/C31H39N16O19P3/c32-22-12-25(38-3-35-22)45(6-41-12)29-17(50)15(48)10(62-29)1-60-68(56,57)65-20-16(49)11(63-30(20)46-7-42-13-23(33)36-4-39-26(13)46)2-61-69(58,59)66-21-18(51)19(28(52)44-9-67(53,54)55)64-31(21)47-8-43-14-24(34)37-5-40-27(14)47/h3-8,10-11,15-21,29-31,48-51H,1-2,9H2,(H,44,52)(H,56,57)(H,58,59)(H2,32,35,38)(H2,33,36,39)(H2,34,37,40)(H2,53,54,55)/t10-,11-,15-,16-,17-,18-,19+,20-,21-,29-,30-,31-/m1/s1. The van der Waals surface area contributed by atoms with E-state index < -0.39 is 122 Å². The smallest absolute Gasteiger partial charge is 0.387 e. The second kappa shape index (κ2) is 18.4. The Bertz CT molecular complexity index is 3050. The summed E-state index contributed by atoms with van der Waals surface area (Å²) in [4.78, 5) is 89.6. The number of phosphoric acid groups is 2. The molecule has 3 aliphatic heterocycles. The Hall–Kier alpha value is -5.39.